The molecule has 0 spiro atoms. The van der Waals surface area contributed by atoms with Crippen LogP contribution in [0.25, 0.3) is 0 Å². The second-order valence-electron chi connectivity index (χ2n) is 5.68. The van der Waals surface area contributed by atoms with Crippen molar-refractivity contribution in [1.82, 2.24) is 0 Å². The van der Waals surface area contributed by atoms with Crippen LogP contribution in [0.5, 0.6) is 5.75 Å². The fourth-order valence-electron chi connectivity index (χ4n) is 2.53. The van der Waals surface area contributed by atoms with Crippen molar-refractivity contribution in [3.8, 4) is 17.9 Å². The Balaban J connectivity index is 2.25. The minimum Gasteiger partial charge on any atom is -0.489 e. The van der Waals surface area contributed by atoms with Gasteiger partial charge in [-0.2, -0.15) is 10.5 Å². The molecule has 0 amide bonds. The van der Waals surface area contributed by atoms with E-state index in [0.717, 1.165) is 40.8 Å². The number of nitriles is 2. The van der Waals surface area contributed by atoms with Crippen molar-refractivity contribution in [2.75, 3.05) is 0 Å². The molecule has 0 saturated heterocycles. The van der Waals surface area contributed by atoms with Crippen molar-refractivity contribution in [3.63, 3.8) is 0 Å². The maximum atomic E-state index is 9.18. The van der Waals surface area contributed by atoms with E-state index < -0.39 is 0 Å². The normalized spacial score (nSPS) is 9.96. The molecule has 3 heteroatoms. The summed E-state index contributed by atoms with van der Waals surface area (Å²) in [6, 6.07) is 13.9. The summed E-state index contributed by atoms with van der Waals surface area (Å²) in [6.45, 7) is 6.48. The quantitative estimate of drug-likeness (QED) is 0.812. The molecule has 116 valence electrons. The van der Waals surface area contributed by atoms with Gasteiger partial charge in [0.25, 0.3) is 0 Å². The smallest absolute Gasteiger partial charge is 0.123 e. The zero-order valence-corrected chi connectivity index (χ0v) is 13.8. The highest BCUT2D eigenvalue weighted by atomic mass is 16.5. The molecule has 0 N–H and O–H groups in total. The number of rotatable bonds is 5. The zero-order chi connectivity index (χ0) is 16.8. The van der Waals surface area contributed by atoms with Crippen molar-refractivity contribution in [3.05, 3.63) is 63.7 Å². The van der Waals surface area contributed by atoms with Gasteiger partial charge >= 0.3 is 0 Å². The van der Waals surface area contributed by atoms with Crippen LogP contribution in [-0.2, 0) is 13.0 Å². The van der Waals surface area contributed by atoms with Gasteiger partial charge in [-0.05, 0) is 66.8 Å². The van der Waals surface area contributed by atoms with E-state index in [2.05, 4.69) is 19.1 Å². The molecule has 2 rings (SSSR count). The lowest BCUT2D eigenvalue weighted by atomic mass is 10.0. The van der Waals surface area contributed by atoms with Gasteiger partial charge in [0, 0.05) is 0 Å². The SMILES string of the molecule is CCCc1cc(C#N)c(C)cc1OCc1ccc(C#N)cc1C. The number of benzene rings is 2. The highest BCUT2D eigenvalue weighted by Gasteiger charge is 2.09. The third-order valence-electron chi connectivity index (χ3n) is 3.90. The predicted octanol–water partition coefficient (Wildman–Crippen LogP) is 4.58. The Kier molecular flexibility index (Phi) is 5.39. The molecule has 0 aromatic heterocycles. The van der Waals surface area contributed by atoms with E-state index in [9.17, 15) is 5.26 Å². The predicted molar refractivity (Wildman–Crippen MR) is 90.1 cm³/mol. The maximum Gasteiger partial charge on any atom is 0.123 e. The molecular weight excluding hydrogens is 284 g/mol. The van der Waals surface area contributed by atoms with Crippen LogP contribution in [0.2, 0.25) is 0 Å². The van der Waals surface area contributed by atoms with E-state index in [0.29, 0.717) is 17.7 Å². The summed E-state index contributed by atoms with van der Waals surface area (Å²) < 4.78 is 6.02. The second-order valence-corrected chi connectivity index (χ2v) is 5.68. The van der Waals surface area contributed by atoms with Crippen LogP contribution in [0.4, 0.5) is 0 Å². The van der Waals surface area contributed by atoms with Gasteiger partial charge in [0.05, 0.1) is 23.3 Å². The number of aryl methyl sites for hydroxylation is 3. The average Bonchev–Trinajstić information content (AvgIpc) is 2.55. The molecule has 0 aliphatic heterocycles. The first kappa shape index (κ1) is 16.6. The molecular formula is C20H20N2O. The molecule has 0 atom stereocenters. The molecule has 0 aliphatic carbocycles. The molecule has 0 unspecified atom stereocenters. The maximum absolute atomic E-state index is 9.18. The topological polar surface area (TPSA) is 56.8 Å². The van der Waals surface area contributed by atoms with Gasteiger partial charge in [-0.1, -0.05) is 19.4 Å². The first-order chi connectivity index (χ1) is 11.1. The molecule has 23 heavy (non-hydrogen) atoms. The van der Waals surface area contributed by atoms with Gasteiger partial charge in [0.15, 0.2) is 0 Å². The lowest BCUT2D eigenvalue weighted by Gasteiger charge is -2.14. The van der Waals surface area contributed by atoms with Crippen LogP contribution in [0.1, 0.15) is 46.7 Å². The molecule has 0 fully saturated rings. The van der Waals surface area contributed by atoms with Gasteiger partial charge in [-0.15, -0.1) is 0 Å². The summed E-state index contributed by atoms with van der Waals surface area (Å²) in [4.78, 5) is 0. The van der Waals surface area contributed by atoms with Gasteiger partial charge in [0.1, 0.15) is 12.4 Å². The van der Waals surface area contributed by atoms with Crippen LogP contribution in [0, 0.1) is 36.5 Å². The van der Waals surface area contributed by atoms with Gasteiger partial charge in [-0.3, -0.25) is 0 Å². The lowest BCUT2D eigenvalue weighted by Crippen LogP contribution is -2.02. The molecule has 2 aromatic rings. The Bertz CT molecular complexity index is 795. The van der Waals surface area contributed by atoms with Gasteiger partial charge in [0.2, 0.25) is 0 Å². The van der Waals surface area contributed by atoms with E-state index >= 15 is 0 Å². The monoisotopic (exact) mass is 304 g/mol. The Morgan fingerprint density at radius 3 is 2.35 bits per heavy atom. The Labute approximate surface area is 137 Å². The highest BCUT2D eigenvalue weighted by molar-refractivity contribution is 5.47. The zero-order valence-electron chi connectivity index (χ0n) is 13.8. The fraction of sp³-hybridized carbons (Fsp3) is 0.300. The van der Waals surface area contributed by atoms with E-state index in [1.807, 2.05) is 44.2 Å². The lowest BCUT2D eigenvalue weighted by molar-refractivity contribution is 0.302. The number of hydrogen-bond acceptors (Lipinski definition) is 3. The number of nitrogens with zero attached hydrogens (tertiary/aromatic N) is 2. The molecule has 0 saturated carbocycles. The summed E-state index contributed by atoms with van der Waals surface area (Å²) in [5.41, 5.74) is 5.47. The Morgan fingerprint density at radius 2 is 1.74 bits per heavy atom. The third kappa shape index (κ3) is 3.90. The highest BCUT2D eigenvalue weighted by Crippen LogP contribution is 2.26. The van der Waals surface area contributed by atoms with Crippen LogP contribution in [0.3, 0.4) is 0 Å². The van der Waals surface area contributed by atoms with Gasteiger partial charge < -0.3 is 4.74 Å². The average molecular weight is 304 g/mol. The molecule has 0 heterocycles. The van der Waals surface area contributed by atoms with Crippen LogP contribution in [0.15, 0.2) is 30.3 Å². The Hall–Kier alpha value is -2.78. The largest absolute Gasteiger partial charge is 0.489 e. The molecule has 2 aromatic carbocycles. The van der Waals surface area contributed by atoms with E-state index in [4.69, 9.17) is 10.00 Å². The second kappa shape index (κ2) is 7.47. The Morgan fingerprint density at radius 1 is 0.957 bits per heavy atom. The van der Waals surface area contributed by atoms with Crippen molar-refractivity contribution >= 4 is 0 Å². The molecule has 0 bridgehead atoms. The summed E-state index contributed by atoms with van der Waals surface area (Å²) >= 11 is 0. The van der Waals surface area contributed by atoms with Crippen molar-refractivity contribution in [2.45, 2.75) is 40.2 Å². The first-order valence-electron chi connectivity index (χ1n) is 7.75. The van der Waals surface area contributed by atoms with E-state index in [-0.39, 0.29) is 0 Å². The van der Waals surface area contributed by atoms with Crippen LogP contribution < -0.4 is 4.74 Å². The van der Waals surface area contributed by atoms with E-state index in [1.165, 1.54) is 0 Å². The first-order valence-corrected chi connectivity index (χ1v) is 7.75. The minimum atomic E-state index is 0.458. The van der Waals surface area contributed by atoms with Crippen LogP contribution in [-0.4, -0.2) is 0 Å². The molecule has 3 nitrogen and oxygen atoms in total. The van der Waals surface area contributed by atoms with E-state index in [1.54, 1.807) is 0 Å². The minimum absolute atomic E-state index is 0.458. The molecule has 0 aliphatic rings. The standard InChI is InChI=1S/C20H20N2O/c1-4-5-17-10-19(12-22)15(3)9-20(17)23-13-18-7-6-16(11-21)8-14(18)2/h6-10H,4-5,13H2,1-3H3. The number of hydrogen-bond donors (Lipinski definition) is 0. The summed E-state index contributed by atoms with van der Waals surface area (Å²) in [5, 5.41) is 18.1. The van der Waals surface area contributed by atoms with Crippen molar-refractivity contribution in [2.24, 2.45) is 0 Å². The van der Waals surface area contributed by atoms with Crippen molar-refractivity contribution in [1.29, 1.82) is 10.5 Å². The third-order valence-corrected chi connectivity index (χ3v) is 3.90. The van der Waals surface area contributed by atoms with Gasteiger partial charge in [-0.25, -0.2) is 0 Å². The molecule has 0 radical (unpaired) electrons. The van der Waals surface area contributed by atoms with Crippen LogP contribution >= 0.6 is 0 Å². The van der Waals surface area contributed by atoms with Crippen molar-refractivity contribution < 1.29 is 4.74 Å². The fourth-order valence-corrected chi connectivity index (χ4v) is 2.53. The summed E-state index contributed by atoms with van der Waals surface area (Å²) in [5.74, 6) is 0.840. The summed E-state index contributed by atoms with van der Waals surface area (Å²) in [7, 11) is 0. The summed E-state index contributed by atoms with van der Waals surface area (Å²) in [6.07, 6.45) is 1.89. The number of ether oxygens (including phenoxy) is 1.